The summed E-state index contributed by atoms with van der Waals surface area (Å²) in [4.78, 5) is 23.2. The van der Waals surface area contributed by atoms with Crippen molar-refractivity contribution in [1.29, 1.82) is 0 Å². The third kappa shape index (κ3) is 2.72. The van der Waals surface area contributed by atoms with Crippen molar-refractivity contribution in [2.24, 2.45) is 5.92 Å². The SMILES string of the molecule is O=c1c2sc3nccc(NCC4CC4)c3c2ncn1C1CCCCC1. The molecule has 0 atom stereocenters. The molecule has 130 valence electrons. The predicted molar refractivity (Wildman–Crippen MR) is 103 cm³/mol. The third-order valence-electron chi connectivity index (χ3n) is 5.55. The van der Waals surface area contributed by atoms with E-state index in [2.05, 4.69) is 10.3 Å². The molecule has 0 aromatic carbocycles. The van der Waals surface area contributed by atoms with Gasteiger partial charge in [0, 0.05) is 24.5 Å². The van der Waals surface area contributed by atoms with E-state index in [1.807, 2.05) is 16.8 Å². The number of pyridine rings is 1. The van der Waals surface area contributed by atoms with Gasteiger partial charge in [-0.3, -0.25) is 9.36 Å². The highest BCUT2D eigenvalue weighted by Gasteiger charge is 2.23. The molecule has 0 aliphatic heterocycles. The Balaban J connectivity index is 1.62. The molecule has 0 unspecified atom stereocenters. The lowest BCUT2D eigenvalue weighted by Crippen LogP contribution is -2.26. The summed E-state index contributed by atoms with van der Waals surface area (Å²) in [5, 5.41) is 4.55. The van der Waals surface area contributed by atoms with Gasteiger partial charge in [0.15, 0.2) is 0 Å². The van der Waals surface area contributed by atoms with Crippen LogP contribution in [0.3, 0.4) is 0 Å². The van der Waals surface area contributed by atoms with Crippen molar-refractivity contribution in [2.75, 3.05) is 11.9 Å². The van der Waals surface area contributed by atoms with E-state index >= 15 is 0 Å². The largest absolute Gasteiger partial charge is 0.384 e. The molecule has 0 saturated heterocycles. The summed E-state index contributed by atoms with van der Waals surface area (Å²) in [6.07, 6.45) is 12.1. The van der Waals surface area contributed by atoms with Crippen LogP contribution in [0.15, 0.2) is 23.4 Å². The van der Waals surface area contributed by atoms with Crippen molar-refractivity contribution in [3.63, 3.8) is 0 Å². The minimum absolute atomic E-state index is 0.105. The fraction of sp³-hybridized carbons (Fsp3) is 0.526. The number of hydrogen-bond donors (Lipinski definition) is 1. The summed E-state index contributed by atoms with van der Waals surface area (Å²) < 4.78 is 2.62. The quantitative estimate of drug-likeness (QED) is 0.757. The van der Waals surface area contributed by atoms with E-state index in [4.69, 9.17) is 4.98 Å². The molecule has 25 heavy (non-hydrogen) atoms. The van der Waals surface area contributed by atoms with Gasteiger partial charge < -0.3 is 5.32 Å². The molecule has 5 rings (SSSR count). The van der Waals surface area contributed by atoms with Crippen molar-refractivity contribution in [1.82, 2.24) is 14.5 Å². The average Bonchev–Trinajstić information content (AvgIpc) is 3.40. The number of rotatable bonds is 4. The number of aromatic nitrogens is 3. The van der Waals surface area contributed by atoms with E-state index in [0.29, 0.717) is 6.04 Å². The van der Waals surface area contributed by atoms with Crippen molar-refractivity contribution in [3.8, 4) is 0 Å². The van der Waals surface area contributed by atoms with E-state index < -0.39 is 0 Å². The van der Waals surface area contributed by atoms with Gasteiger partial charge in [0.05, 0.1) is 17.2 Å². The number of nitrogens with zero attached hydrogens (tertiary/aromatic N) is 3. The van der Waals surface area contributed by atoms with Gasteiger partial charge in [-0.05, 0) is 37.7 Å². The summed E-state index contributed by atoms with van der Waals surface area (Å²) in [5.41, 5.74) is 1.97. The lowest BCUT2D eigenvalue weighted by Gasteiger charge is -2.23. The standard InChI is InChI=1S/C19H22N4OS/c24-19-17-16(22-11-23(19)13-4-2-1-3-5-13)15-14(21-10-12-6-7-12)8-9-20-18(15)25-17/h8-9,11-13H,1-7,10H2,(H,20,21). The Bertz CT molecular complexity index is 982. The van der Waals surface area contributed by atoms with Crippen LogP contribution in [0.4, 0.5) is 5.69 Å². The first-order valence-electron chi connectivity index (χ1n) is 9.33. The average molecular weight is 354 g/mol. The van der Waals surface area contributed by atoms with E-state index in [1.165, 1.54) is 43.4 Å². The maximum atomic E-state index is 13.1. The van der Waals surface area contributed by atoms with Crippen LogP contribution in [0.5, 0.6) is 0 Å². The highest BCUT2D eigenvalue weighted by atomic mass is 32.1. The van der Waals surface area contributed by atoms with E-state index in [1.54, 1.807) is 6.33 Å². The summed E-state index contributed by atoms with van der Waals surface area (Å²) in [7, 11) is 0. The molecule has 2 fully saturated rings. The summed E-state index contributed by atoms with van der Waals surface area (Å²) in [5.74, 6) is 0.796. The van der Waals surface area contributed by atoms with Gasteiger partial charge in [-0.2, -0.15) is 0 Å². The van der Waals surface area contributed by atoms with Crippen molar-refractivity contribution in [2.45, 2.75) is 51.0 Å². The zero-order valence-corrected chi connectivity index (χ0v) is 15.0. The Morgan fingerprint density at radius 1 is 1.16 bits per heavy atom. The van der Waals surface area contributed by atoms with Crippen LogP contribution in [0, 0.1) is 5.92 Å². The molecule has 0 bridgehead atoms. The highest BCUT2D eigenvalue weighted by molar-refractivity contribution is 7.25. The number of fused-ring (bicyclic) bond motifs is 3. The molecule has 3 heterocycles. The Kier molecular flexibility index (Phi) is 3.73. The molecule has 2 saturated carbocycles. The first-order chi connectivity index (χ1) is 12.3. The van der Waals surface area contributed by atoms with Crippen molar-refractivity contribution in [3.05, 3.63) is 28.9 Å². The highest BCUT2D eigenvalue weighted by Crippen LogP contribution is 2.36. The first kappa shape index (κ1) is 15.3. The van der Waals surface area contributed by atoms with Crippen LogP contribution in [-0.4, -0.2) is 21.1 Å². The Morgan fingerprint density at radius 3 is 2.80 bits per heavy atom. The number of anilines is 1. The normalized spacial score (nSPS) is 18.9. The van der Waals surface area contributed by atoms with Gasteiger partial charge >= 0.3 is 0 Å². The first-order valence-corrected chi connectivity index (χ1v) is 10.1. The van der Waals surface area contributed by atoms with E-state index in [-0.39, 0.29) is 5.56 Å². The van der Waals surface area contributed by atoms with Gasteiger partial charge in [0.25, 0.3) is 5.56 Å². The maximum absolute atomic E-state index is 13.1. The molecule has 6 heteroatoms. The van der Waals surface area contributed by atoms with Gasteiger partial charge in [-0.15, -0.1) is 11.3 Å². The van der Waals surface area contributed by atoms with Gasteiger partial charge in [0.1, 0.15) is 9.53 Å². The number of hydrogen-bond acceptors (Lipinski definition) is 5. The van der Waals surface area contributed by atoms with E-state index in [9.17, 15) is 4.79 Å². The topological polar surface area (TPSA) is 59.8 Å². The fourth-order valence-electron chi connectivity index (χ4n) is 3.91. The predicted octanol–water partition coefficient (Wildman–Crippen LogP) is 4.33. The molecule has 3 aromatic heterocycles. The zero-order chi connectivity index (χ0) is 16.8. The molecule has 5 nitrogen and oxygen atoms in total. The third-order valence-corrected chi connectivity index (χ3v) is 6.63. The molecule has 2 aliphatic rings. The molecular formula is C19H22N4OS. The minimum Gasteiger partial charge on any atom is -0.384 e. The maximum Gasteiger partial charge on any atom is 0.271 e. The fourth-order valence-corrected chi connectivity index (χ4v) is 4.97. The molecule has 2 aliphatic carbocycles. The molecular weight excluding hydrogens is 332 g/mol. The minimum atomic E-state index is 0.105. The van der Waals surface area contributed by atoms with Crippen LogP contribution < -0.4 is 10.9 Å². The smallest absolute Gasteiger partial charge is 0.271 e. The summed E-state index contributed by atoms with van der Waals surface area (Å²) in [6, 6.07) is 2.31. The Hall–Kier alpha value is -1.95. The number of thiophene rings is 1. The van der Waals surface area contributed by atoms with Gasteiger partial charge in [-0.25, -0.2) is 9.97 Å². The zero-order valence-electron chi connectivity index (χ0n) is 14.2. The second-order valence-electron chi connectivity index (χ2n) is 7.39. The Morgan fingerprint density at radius 2 is 2.00 bits per heavy atom. The summed E-state index contributed by atoms with van der Waals surface area (Å²) in [6.45, 7) is 0.996. The molecule has 3 aromatic rings. The second-order valence-corrected chi connectivity index (χ2v) is 8.39. The van der Waals surface area contributed by atoms with Gasteiger partial charge in [-0.1, -0.05) is 19.3 Å². The monoisotopic (exact) mass is 354 g/mol. The van der Waals surface area contributed by atoms with Crippen LogP contribution in [-0.2, 0) is 0 Å². The molecule has 0 radical (unpaired) electrons. The number of nitrogens with one attached hydrogen (secondary N) is 1. The van der Waals surface area contributed by atoms with Crippen LogP contribution in [0.25, 0.3) is 20.4 Å². The second kappa shape index (κ2) is 6.09. The van der Waals surface area contributed by atoms with Crippen molar-refractivity contribution >= 4 is 37.5 Å². The van der Waals surface area contributed by atoms with Crippen LogP contribution in [0.2, 0.25) is 0 Å². The lowest BCUT2D eigenvalue weighted by molar-refractivity contribution is 0.345. The molecule has 0 amide bonds. The Labute approximate surface area is 150 Å². The molecule has 1 N–H and O–H groups in total. The van der Waals surface area contributed by atoms with Crippen LogP contribution in [0.1, 0.15) is 51.0 Å². The van der Waals surface area contributed by atoms with E-state index in [0.717, 1.165) is 51.4 Å². The van der Waals surface area contributed by atoms with Crippen molar-refractivity contribution < 1.29 is 0 Å². The van der Waals surface area contributed by atoms with Crippen LogP contribution >= 0.6 is 11.3 Å². The van der Waals surface area contributed by atoms with Gasteiger partial charge in [0.2, 0.25) is 0 Å². The summed E-state index contributed by atoms with van der Waals surface area (Å²) >= 11 is 1.48. The molecule has 0 spiro atoms. The lowest BCUT2D eigenvalue weighted by atomic mass is 9.95.